The first-order valence-electron chi connectivity index (χ1n) is 7.21. The van der Waals surface area contributed by atoms with E-state index in [2.05, 4.69) is 26.0 Å². The maximum Gasteiger partial charge on any atom is 0.387 e. The second-order valence-corrected chi connectivity index (χ2v) is 6.08. The minimum absolute atomic E-state index is 0.0931. The van der Waals surface area contributed by atoms with Crippen LogP contribution in [0, 0.1) is 0 Å². The van der Waals surface area contributed by atoms with E-state index < -0.39 is 6.61 Å². The fraction of sp³-hybridized carbons (Fsp3) is 0.235. The highest BCUT2D eigenvalue weighted by atomic mass is 79.9. The number of nitrogens with zero attached hydrogens (tertiary/aromatic N) is 1. The van der Waals surface area contributed by atoms with Gasteiger partial charge >= 0.3 is 12.6 Å². The topological polar surface area (TPSA) is 41.6 Å². The molecule has 0 aliphatic rings. The van der Waals surface area contributed by atoms with Gasteiger partial charge in [-0.15, -0.1) is 0 Å². The van der Waals surface area contributed by atoms with Gasteiger partial charge in [-0.05, 0) is 35.4 Å². The molecular formula is C17H17BrF2N2O2. The van der Waals surface area contributed by atoms with Crippen molar-refractivity contribution in [2.75, 3.05) is 7.05 Å². The number of alkyl halides is 2. The molecule has 0 atom stereocenters. The largest absolute Gasteiger partial charge is 0.435 e. The van der Waals surface area contributed by atoms with Crippen LogP contribution < -0.4 is 10.1 Å². The van der Waals surface area contributed by atoms with E-state index in [0.29, 0.717) is 13.1 Å². The van der Waals surface area contributed by atoms with Crippen LogP contribution in [0.1, 0.15) is 11.1 Å². The summed E-state index contributed by atoms with van der Waals surface area (Å²) in [5.74, 6) is 0.0931. The second kappa shape index (κ2) is 8.63. The molecule has 7 heteroatoms. The summed E-state index contributed by atoms with van der Waals surface area (Å²) in [7, 11) is 1.67. The molecule has 0 aliphatic carbocycles. The lowest BCUT2D eigenvalue weighted by atomic mass is 10.2. The Bertz CT molecular complexity index is 681. The highest BCUT2D eigenvalue weighted by molar-refractivity contribution is 9.10. The summed E-state index contributed by atoms with van der Waals surface area (Å²) in [5, 5.41) is 2.83. The Kier molecular flexibility index (Phi) is 6.54. The van der Waals surface area contributed by atoms with Crippen LogP contribution >= 0.6 is 15.9 Å². The van der Waals surface area contributed by atoms with Crippen molar-refractivity contribution in [1.82, 2.24) is 10.2 Å². The van der Waals surface area contributed by atoms with Crippen molar-refractivity contribution in [2.45, 2.75) is 19.7 Å². The van der Waals surface area contributed by atoms with Crippen molar-refractivity contribution in [3.63, 3.8) is 0 Å². The molecule has 24 heavy (non-hydrogen) atoms. The van der Waals surface area contributed by atoms with Crippen LogP contribution in [0.25, 0.3) is 0 Å². The monoisotopic (exact) mass is 398 g/mol. The zero-order chi connectivity index (χ0) is 17.5. The molecule has 0 aromatic heterocycles. The summed E-state index contributed by atoms with van der Waals surface area (Å²) in [6.45, 7) is -2.06. The molecule has 2 rings (SSSR count). The molecule has 2 aromatic rings. The molecule has 0 heterocycles. The Morgan fingerprint density at radius 2 is 1.92 bits per heavy atom. The Morgan fingerprint density at radius 3 is 2.54 bits per heavy atom. The van der Waals surface area contributed by atoms with Gasteiger partial charge in [0, 0.05) is 24.6 Å². The van der Waals surface area contributed by atoms with Gasteiger partial charge in [0.1, 0.15) is 5.75 Å². The number of rotatable bonds is 6. The molecule has 2 amide bonds. The van der Waals surface area contributed by atoms with E-state index in [1.54, 1.807) is 19.2 Å². The third kappa shape index (κ3) is 5.81. The summed E-state index contributed by atoms with van der Waals surface area (Å²) < 4.78 is 29.4. The smallest absolute Gasteiger partial charge is 0.387 e. The molecule has 0 bridgehead atoms. The van der Waals surface area contributed by atoms with Gasteiger partial charge in [0.15, 0.2) is 0 Å². The molecule has 0 unspecified atom stereocenters. The van der Waals surface area contributed by atoms with Gasteiger partial charge in [0.05, 0.1) is 0 Å². The number of carbonyl (C=O) groups is 1. The number of nitrogens with one attached hydrogen (secondary N) is 1. The molecule has 128 valence electrons. The summed E-state index contributed by atoms with van der Waals surface area (Å²) >= 11 is 3.38. The molecule has 0 radical (unpaired) electrons. The van der Waals surface area contributed by atoms with Crippen LogP contribution in [0.4, 0.5) is 13.6 Å². The van der Waals surface area contributed by atoms with Crippen molar-refractivity contribution in [2.24, 2.45) is 0 Å². The van der Waals surface area contributed by atoms with E-state index in [1.807, 2.05) is 24.3 Å². The lowest BCUT2D eigenvalue weighted by molar-refractivity contribution is -0.0498. The highest BCUT2D eigenvalue weighted by Gasteiger charge is 2.10. The van der Waals surface area contributed by atoms with Gasteiger partial charge in [-0.1, -0.05) is 40.2 Å². The Balaban J connectivity index is 1.84. The van der Waals surface area contributed by atoms with E-state index in [9.17, 15) is 13.6 Å². The Labute approximate surface area is 147 Å². The average Bonchev–Trinajstić information content (AvgIpc) is 2.54. The van der Waals surface area contributed by atoms with Gasteiger partial charge in [-0.3, -0.25) is 0 Å². The average molecular weight is 399 g/mol. The fourth-order valence-corrected chi connectivity index (χ4v) is 2.53. The predicted molar refractivity (Wildman–Crippen MR) is 90.9 cm³/mol. The minimum Gasteiger partial charge on any atom is -0.435 e. The molecule has 0 fully saturated rings. The van der Waals surface area contributed by atoms with Crippen LogP contribution in [0.5, 0.6) is 5.75 Å². The molecule has 0 aliphatic heterocycles. The van der Waals surface area contributed by atoms with E-state index in [-0.39, 0.29) is 11.8 Å². The number of hydrogen-bond donors (Lipinski definition) is 1. The second-order valence-electron chi connectivity index (χ2n) is 5.17. The summed E-state index contributed by atoms with van der Waals surface area (Å²) in [5.41, 5.74) is 1.80. The van der Waals surface area contributed by atoms with Gasteiger partial charge in [0.2, 0.25) is 0 Å². The Morgan fingerprint density at radius 1 is 1.21 bits per heavy atom. The first-order chi connectivity index (χ1) is 11.4. The zero-order valence-electron chi connectivity index (χ0n) is 13.0. The van der Waals surface area contributed by atoms with Crippen molar-refractivity contribution < 1.29 is 18.3 Å². The number of carbonyl (C=O) groups excluding carboxylic acids is 1. The molecule has 0 saturated carbocycles. The maximum absolute atomic E-state index is 12.1. The van der Waals surface area contributed by atoms with Gasteiger partial charge in [-0.2, -0.15) is 8.78 Å². The summed E-state index contributed by atoms with van der Waals surface area (Å²) in [4.78, 5) is 13.6. The molecule has 0 saturated heterocycles. The van der Waals surface area contributed by atoms with Crippen LogP contribution in [-0.4, -0.2) is 24.6 Å². The number of halogens is 3. The van der Waals surface area contributed by atoms with Crippen molar-refractivity contribution in [3.8, 4) is 5.75 Å². The SMILES string of the molecule is CN(Cc1ccc(OC(F)F)cc1)C(=O)NCc1cccc(Br)c1. The highest BCUT2D eigenvalue weighted by Crippen LogP contribution is 2.16. The van der Waals surface area contributed by atoms with E-state index in [0.717, 1.165) is 15.6 Å². The third-order valence-corrected chi connectivity index (χ3v) is 3.74. The summed E-state index contributed by atoms with van der Waals surface area (Å²) in [6, 6.07) is 13.7. The summed E-state index contributed by atoms with van der Waals surface area (Å²) in [6.07, 6.45) is 0. The number of urea groups is 1. The van der Waals surface area contributed by atoms with E-state index >= 15 is 0 Å². The number of ether oxygens (including phenoxy) is 1. The van der Waals surface area contributed by atoms with E-state index in [1.165, 1.54) is 17.0 Å². The number of benzene rings is 2. The van der Waals surface area contributed by atoms with Crippen LogP contribution in [-0.2, 0) is 13.1 Å². The lowest BCUT2D eigenvalue weighted by Gasteiger charge is -2.18. The van der Waals surface area contributed by atoms with Gasteiger partial charge in [0.25, 0.3) is 0 Å². The van der Waals surface area contributed by atoms with Crippen molar-refractivity contribution in [3.05, 3.63) is 64.1 Å². The molecular weight excluding hydrogens is 382 g/mol. The third-order valence-electron chi connectivity index (χ3n) is 3.25. The van der Waals surface area contributed by atoms with Gasteiger partial charge < -0.3 is 15.0 Å². The molecule has 0 spiro atoms. The minimum atomic E-state index is -2.85. The first kappa shape index (κ1) is 18.2. The Hall–Kier alpha value is -2.15. The van der Waals surface area contributed by atoms with Crippen LogP contribution in [0.2, 0.25) is 0 Å². The normalized spacial score (nSPS) is 10.5. The van der Waals surface area contributed by atoms with E-state index in [4.69, 9.17) is 0 Å². The van der Waals surface area contributed by atoms with Crippen molar-refractivity contribution >= 4 is 22.0 Å². The molecule has 1 N–H and O–H groups in total. The number of hydrogen-bond acceptors (Lipinski definition) is 2. The fourth-order valence-electron chi connectivity index (χ4n) is 2.08. The predicted octanol–water partition coefficient (Wildman–Crippen LogP) is 4.39. The molecule has 4 nitrogen and oxygen atoms in total. The lowest BCUT2D eigenvalue weighted by Crippen LogP contribution is -2.36. The van der Waals surface area contributed by atoms with Gasteiger partial charge in [-0.25, -0.2) is 4.79 Å². The standard InChI is InChI=1S/C17H17BrF2N2O2/c1-22(11-12-5-7-15(8-6-12)24-16(19)20)17(23)21-10-13-3-2-4-14(18)9-13/h2-9,16H,10-11H2,1H3,(H,21,23). The first-order valence-corrected chi connectivity index (χ1v) is 8.00. The van der Waals surface area contributed by atoms with Crippen LogP contribution in [0.3, 0.4) is 0 Å². The maximum atomic E-state index is 12.1. The van der Waals surface area contributed by atoms with Crippen molar-refractivity contribution in [1.29, 1.82) is 0 Å². The molecule has 2 aromatic carbocycles. The van der Waals surface area contributed by atoms with Crippen LogP contribution in [0.15, 0.2) is 53.0 Å². The zero-order valence-corrected chi connectivity index (χ0v) is 14.6. The number of amides is 2. The quantitative estimate of drug-likeness (QED) is 0.783.